The number of phenolic OH excluding ortho intramolecular Hbond substituents is 1. The average Bonchev–Trinajstić information content (AvgIpc) is 3.78. The number of benzene rings is 3. The van der Waals surface area contributed by atoms with Crippen LogP contribution in [0.2, 0.25) is 0 Å². The van der Waals surface area contributed by atoms with Gasteiger partial charge >= 0.3 is 0 Å². The van der Waals surface area contributed by atoms with Crippen LogP contribution >= 0.6 is 21.6 Å². The molecule has 24 heteroatoms. The monoisotopic (exact) mass is 1060 g/mol. The summed E-state index contributed by atoms with van der Waals surface area (Å²) >= 11 is 0. The smallest absolute Gasteiger partial charge is 0.245 e. The van der Waals surface area contributed by atoms with E-state index >= 15 is 0 Å². The van der Waals surface area contributed by atoms with Gasteiger partial charge in [0.05, 0.1) is 18.2 Å². The van der Waals surface area contributed by atoms with Crippen molar-refractivity contribution < 1.29 is 53.7 Å². The van der Waals surface area contributed by atoms with Crippen molar-refractivity contribution in [2.45, 2.75) is 113 Å². The molecule has 0 bridgehead atoms. The van der Waals surface area contributed by atoms with Crippen molar-refractivity contribution in [1.29, 1.82) is 0 Å². The lowest BCUT2D eigenvalue weighted by atomic mass is 10.0. The predicted octanol–water partition coefficient (Wildman–Crippen LogP) is -1.35. The number of phenols is 1. The SMILES string of the molecule is CN[C@@H](Cc1ccc(O)cc1)C(=O)NC1CSSC[C@@H](C(=O)N[C@H](C(N)=O)[C@@H](C)O)NC(=O)C([C@@H](C)O)NC(=O)[C@H](CCCCN)NC(=O)[C@@H](Cc2c[nH]c3ccccc23)NC(=O)C(Cc2ccccc2)NC1=O. The van der Waals surface area contributed by atoms with Crippen molar-refractivity contribution in [3.05, 3.63) is 102 Å². The number of rotatable bonds is 18. The van der Waals surface area contributed by atoms with E-state index in [-0.39, 0.29) is 49.5 Å². The van der Waals surface area contributed by atoms with E-state index in [4.69, 9.17) is 11.5 Å². The standard InChI is InChI=1S/C50H67N11O11S2/c1-27(62)41(43(52)65)60-49(71)40-26-74-73-25-39(58-45(67)36(53-3)21-30-16-18-32(64)19-17-30)48(70)56-37(22-29-11-5-4-6-12-29)46(68)57-38(23-31-24-54-34-14-8-7-13-33(31)34)47(69)55-35(15-9-10-20-51)44(66)61-42(28(2)63)50(72)59-40/h4-8,11-14,16-19,24,27-28,35-42,53-54,62-64H,9-10,15,20-23,25-26,51H2,1-3H3,(H2,52,65)(H,55,69)(H,56,70)(H,57,68)(H,58,67)(H,59,72)(H,60,71)(H,61,66)/t27-,28-,35+,36+,37?,38-,39?,40+,41+,42?/m1/s1. The summed E-state index contributed by atoms with van der Waals surface area (Å²) in [6.45, 7) is 2.69. The zero-order chi connectivity index (χ0) is 53.9. The third-order valence-corrected chi connectivity index (χ3v) is 14.7. The first-order valence-corrected chi connectivity index (χ1v) is 26.6. The van der Waals surface area contributed by atoms with Crippen molar-refractivity contribution in [1.82, 2.24) is 47.5 Å². The largest absolute Gasteiger partial charge is 0.508 e. The lowest BCUT2D eigenvalue weighted by molar-refractivity contribution is -0.137. The summed E-state index contributed by atoms with van der Waals surface area (Å²) in [5.74, 6) is -7.43. The van der Waals surface area contributed by atoms with Crippen LogP contribution in [0.4, 0.5) is 0 Å². The summed E-state index contributed by atoms with van der Waals surface area (Å²) in [6.07, 6.45) is -0.580. The van der Waals surface area contributed by atoms with Gasteiger partial charge in [-0.2, -0.15) is 0 Å². The molecule has 10 atom stereocenters. The molecule has 74 heavy (non-hydrogen) atoms. The van der Waals surface area contributed by atoms with Crippen LogP contribution in [0.5, 0.6) is 5.75 Å². The Morgan fingerprint density at radius 3 is 2.00 bits per heavy atom. The van der Waals surface area contributed by atoms with Crippen LogP contribution in [0.25, 0.3) is 10.9 Å². The lowest BCUT2D eigenvalue weighted by Gasteiger charge is -2.29. The van der Waals surface area contributed by atoms with E-state index in [0.717, 1.165) is 32.5 Å². The van der Waals surface area contributed by atoms with Crippen LogP contribution in [0.15, 0.2) is 85.1 Å². The molecule has 16 N–H and O–H groups in total. The number of aliphatic hydroxyl groups is 2. The normalized spacial score (nSPS) is 22.3. The van der Waals surface area contributed by atoms with Gasteiger partial charge in [0.25, 0.3) is 0 Å². The number of aromatic nitrogens is 1. The van der Waals surface area contributed by atoms with E-state index in [0.29, 0.717) is 29.5 Å². The average molecular weight is 1060 g/mol. The minimum absolute atomic E-state index is 0.00651. The minimum Gasteiger partial charge on any atom is -0.508 e. The Morgan fingerprint density at radius 2 is 1.35 bits per heavy atom. The lowest BCUT2D eigenvalue weighted by Crippen LogP contribution is -2.62. The van der Waals surface area contributed by atoms with E-state index in [9.17, 15) is 53.7 Å². The number of amides is 8. The van der Waals surface area contributed by atoms with E-state index in [1.807, 2.05) is 24.3 Å². The highest BCUT2D eigenvalue weighted by Gasteiger charge is 2.37. The summed E-state index contributed by atoms with van der Waals surface area (Å²) in [5, 5.41) is 53.3. The molecule has 1 aliphatic rings. The second-order valence-electron chi connectivity index (χ2n) is 18.0. The number of H-pyrrole nitrogens is 1. The van der Waals surface area contributed by atoms with Crippen molar-refractivity contribution >= 4 is 79.7 Å². The summed E-state index contributed by atoms with van der Waals surface area (Å²) in [5.41, 5.74) is 14.0. The van der Waals surface area contributed by atoms with Gasteiger partial charge in [0.15, 0.2) is 0 Å². The fourth-order valence-corrected chi connectivity index (χ4v) is 10.4. The molecule has 0 aliphatic carbocycles. The molecule has 0 spiro atoms. The van der Waals surface area contributed by atoms with Crippen LogP contribution in [0, 0.1) is 0 Å². The Labute approximate surface area is 436 Å². The zero-order valence-corrected chi connectivity index (χ0v) is 42.9. The topological polar surface area (TPSA) is 361 Å². The molecule has 22 nitrogen and oxygen atoms in total. The second kappa shape index (κ2) is 28.7. The number of aromatic amines is 1. The molecule has 4 aromatic rings. The van der Waals surface area contributed by atoms with Crippen LogP contribution in [-0.4, -0.2) is 153 Å². The number of para-hydroxylation sites is 1. The molecular weight excluding hydrogens is 995 g/mol. The molecular formula is C50H67N11O11S2. The highest BCUT2D eigenvalue weighted by Crippen LogP contribution is 2.25. The number of fused-ring (bicyclic) bond motifs is 1. The zero-order valence-electron chi connectivity index (χ0n) is 41.3. The number of carbonyl (C=O) groups is 8. The van der Waals surface area contributed by atoms with Gasteiger partial charge in [0.1, 0.15) is 48.0 Å². The third-order valence-electron chi connectivity index (χ3n) is 12.2. The van der Waals surface area contributed by atoms with E-state index in [1.54, 1.807) is 55.7 Å². The van der Waals surface area contributed by atoms with Crippen LogP contribution in [0.3, 0.4) is 0 Å². The molecule has 0 saturated carbocycles. The Morgan fingerprint density at radius 1 is 0.730 bits per heavy atom. The number of likely N-dealkylation sites (N-methyl/N-ethyl adjacent to an activating group) is 1. The first-order valence-electron chi connectivity index (χ1n) is 24.2. The number of nitrogens with two attached hydrogens (primary N) is 2. The quantitative estimate of drug-likeness (QED) is 0.0405. The number of unbranched alkanes of at least 4 members (excludes halogenated alkanes) is 1. The minimum atomic E-state index is -1.72. The number of carbonyl (C=O) groups excluding carboxylic acids is 8. The number of hydrogen-bond donors (Lipinski definition) is 14. The third kappa shape index (κ3) is 17.2. The van der Waals surface area contributed by atoms with Gasteiger partial charge in [-0.05, 0) is 88.0 Å². The van der Waals surface area contributed by atoms with Gasteiger partial charge in [-0.3, -0.25) is 38.4 Å². The molecule has 1 saturated heterocycles. The van der Waals surface area contributed by atoms with Crippen molar-refractivity contribution in [3.8, 4) is 5.75 Å². The van der Waals surface area contributed by atoms with E-state index < -0.39 is 108 Å². The molecule has 1 aromatic heterocycles. The fraction of sp³-hybridized carbons (Fsp3) is 0.440. The highest BCUT2D eigenvalue weighted by molar-refractivity contribution is 8.76. The molecule has 400 valence electrons. The fourth-order valence-electron chi connectivity index (χ4n) is 8.04. The van der Waals surface area contributed by atoms with Gasteiger partial charge in [-0.1, -0.05) is 82.3 Å². The summed E-state index contributed by atoms with van der Waals surface area (Å²) < 4.78 is 0. The van der Waals surface area contributed by atoms with Crippen LogP contribution < -0.4 is 54.0 Å². The maximum Gasteiger partial charge on any atom is 0.245 e. The molecule has 0 radical (unpaired) electrons. The molecule has 2 heterocycles. The number of nitrogens with one attached hydrogen (secondary N) is 9. The highest BCUT2D eigenvalue weighted by atomic mass is 33.1. The van der Waals surface area contributed by atoms with Crippen LogP contribution in [-0.2, 0) is 57.6 Å². The summed E-state index contributed by atoms with van der Waals surface area (Å²) in [7, 11) is 3.52. The first kappa shape index (κ1) is 58.2. The van der Waals surface area contributed by atoms with Gasteiger partial charge in [-0.25, -0.2) is 0 Å². The Balaban J connectivity index is 1.58. The molecule has 1 aliphatic heterocycles. The van der Waals surface area contributed by atoms with Gasteiger partial charge in [0, 0.05) is 41.4 Å². The number of aromatic hydroxyl groups is 1. The molecule has 3 unspecified atom stereocenters. The van der Waals surface area contributed by atoms with Gasteiger partial charge < -0.3 is 74.3 Å². The molecule has 3 aromatic carbocycles. The summed E-state index contributed by atoms with van der Waals surface area (Å²) in [6, 6.07) is 11.1. The van der Waals surface area contributed by atoms with E-state index in [1.165, 1.54) is 26.0 Å². The Kier molecular flexibility index (Phi) is 22.5. The summed E-state index contributed by atoms with van der Waals surface area (Å²) in [4.78, 5) is 116. The number of aliphatic hydroxyl groups excluding tert-OH is 2. The van der Waals surface area contributed by atoms with Gasteiger partial charge in [0.2, 0.25) is 47.3 Å². The molecule has 8 amide bonds. The Bertz CT molecular complexity index is 2550. The van der Waals surface area contributed by atoms with Crippen LogP contribution in [0.1, 0.15) is 49.8 Å². The first-order chi connectivity index (χ1) is 35.4. The molecule has 5 rings (SSSR count). The molecule has 1 fully saturated rings. The number of primary amides is 1. The van der Waals surface area contributed by atoms with Crippen molar-refractivity contribution in [3.63, 3.8) is 0 Å². The maximum absolute atomic E-state index is 14.8. The Hall–Kier alpha value is -6.70. The van der Waals surface area contributed by atoms with E-state index in [2.05, 4.69) is 47.5 Å². The number of hydrogen-bond acceptors (Lipinski definition) is 15. The maximum atomic E-state index is 14.8. The second-order valence-corrected chi connectivity index (χ2v) is 20.5. The van der Waals surface area contributed by atoms with Gasteiger partial charge in [-0.15, -0.1) is 0 Å². The van der Waals surface area contributed by atoms with Crippen molar-refractivity contribution in [2.24, 2.45) is 11.5 Å². The van der Waals surface area contributed by atoms with Crippen molar-refractivity contribution in [2.75, 3.05) is 25.1 Å². The predicted molar refractivity (Wildman–Crippen MR) is 281 cm³/mol.